The molecule has 7 aromatic carbocycles. The molecule has 3 heterocycles. The van der Waals surface area contributed by atoms with Gasteiger partial charge in [-0.2, -0.15) is 0 Å². The number of hydrogen-bond acceptors (Lipinski definition) is 4. The van der Waals surface area contributed by atoms with Crippen molar-refractivity contribution in [2.45, 2.75) is 0 Å². The van der Waals surface area contributed by atoms with E-state index in [2.05, 4.69) is 24.3 Å². The normalized spacial score (nSPS) is 13.8. The predicted octanol–water partition coefficient (Wildman–Crippen LogP) is 12.0. The first-order chi connectivity index (χ1) is 28.1. The van der Waals surface area contributed by atoms with Crippen molar-refractivity contribution in [1.29, 1.82) is 0 Å². The summed E-state index contributed by atoms with van der Waals surface area (Å²) in [5.41, 5.74) is 3.95. The summed E-state index contributed by atoms with van der Waals surface area (Å²) < 4.78 is 75.1. The molecule has 0 spiro atoms. The van der Waals surface area contributed by atoms with Gasteiger partial charge in [-0.1, -0.05) is 133 Å². The molecule has 10 aromatic rings. The quantitative estimate of drug-likeness (QED) is 0.184. The highest BCUT2D eigenvalue weighted by molar-refractivity contribution is 7.25. The van der Waals surface area contributed by atoms with Gasteiger partial charge in [-0.15, -0.1) is 11.3 Å². The highest BCUT2D eigenvalue weighted by Crippen LogP contribution is 2.40. The number of rotatable bonds is 5. The fourth-order valence-corrected chi connectivity index (χ4v) is 7.73. The summed E-state index contributed by atoms with van der Waals surface area (Å²) in [5.74, 6) is 1.06. The Labute approximate surface area is 303 Å². The molecule has 0 saturated carbocycles. The van der Waals surface area contributed by atoms with Crippen molar-refractivity contribution in [2.24, 2.45) is 0 Å². The van der Waals surface area contributed by atoms with Crippen LogP contribution in [0.2, 0.25) is 0 Å². The number of nitrogens with zero attached hydrogens (tertiary/aromatic N) is 4. The van der Waals surface area contributed by atoms with E-state index in [1.54, 1.807) is 11.3 Å². The van der Waals surface area contributed by atoms with Gasteiger partial charge in [0.15, 0.2) is 17.5 Å². The molecule has 0 bridgehead atoms. The summed E-state index contributed by atoms with van der Waals surface area (Å²) in [5, 5.41) is 2.27. The number of fused-ring (bicyclic) bond motifs is 6. The summed E-state index contributed by atoms with van der Waals surface area (Å²) >= 11 is 1.69. The second kappa shape index (κ2) is 11.6. The van der Waals surface area contributed by atoms with Crippen molar-refractivity contribution in [3.05, 3.63) is 170 Å². The highest BCUT2D eigenvalue weighted by atomic mass is 32.1. The van der Waals surface area contributed by atoms with Crippen molar-refractivity contribution in [2.75, 3.05) is 0 Å². The Balaban J connectivity index is 1.35. The molecule has 0 radical (unpaired) electrons. The second-order valence-electron chi connectivity index (χ2n) is 11.9. The first kappa shape index (κ1) is 21.5. The van der Waals surface area contributed by atoms with Crippen LogP contribution in [0.1, 0.15) is 11.0 Å². The van der Waals surface area contributed by atoms with Gasteiger partial charge >= 0.3 is 0 Å². The maximum absolute atomic E-state index is 9.26. The molecule has 0 aliphatic heterocycles. The van der Waals surface area contributed by atoms with E-state index in [4.69, 9.17) is 23.2 Å². The Morgan fingerprint density at radius 3 is 1.66 bits per heavy atom. The molecule has 0 N–H and O–H groups in total. The van der Waals surface area contributed by atoms with Gasteiger partial charge in [-0.25, -0.2) is 15.0 Å². The fraction of sp³-hybridized carbons (Fsp3) is 0. The molecule has 0 aliphatic carbocycles. The molecule has 0 aliphatic rings. The molecule has 5 heteroatoms. The fourth-order valence-electron chi connectivity index (χ4n) is 6.58. The molecule has 0 saturated heterocycles. The summed E-state index contributed by atoms with van der Waals surface area (Å²) in [4.78, 5) is 14.9. The first-order valence-electron chi connectivity index (χ1n) is 20.0. The van der Waals surface area contributed by atoms with Crippen LogP contribution < -0.4 is 0 Å². The molecule has 50 heavy (non-hydrogen) atoms. The molecule has 0 fully saturated rings. The van der Waals surface area contributed by atoms with Crippen LogP contribution in [0.3, 0.4) is 0 Å². The van der Waals surface area contributed by atoms with Crippen LogP contribution >= 0.6 is 11.3 Å². The summed E-state index contributed by atoms with van der Waals surface area (Å²) in [6.07, 6.45) is 0. The average Bonchev–Trinajstić information content (AvgIpc) is 3.83. The van der Waals surface area contributed by atoms with Crippen LogP contribution in [0.4, 0.5) is 0 Å². The third-order valence-corrected chi connectivity index (χ3v) is 10.1. The minimum atomic E-state index is -0.507. The number of benzene rings is 7. The van der Waals surface area contributed by atoms with E-state index < -0.39 is 48.3 Å². The van der Waals surface area contributed by atoms with E-state index in [1.807, 2.05) is 97.1 Å². The summed E-state index contributed by atoms with van der Waals surface area (Å²) in [6.45, 7) is 0. The lowest BCUT2D eigenvalue weighted by Gasteiger charge is -2.16. The van der Waals surface area contributed by atoms with Crippen molar-refractivity contribution in [1.82, 2.24) is 19.5 Å². The summed E-state index contributed by atoms with van der Waals surface area (Å²) in [7, 11) is 0. The van der Waals surface area contributed by atoms with Crippen LogP contribution in [0, 0.1) is 0 Å². The van der Waals surface area contributed by atoms with Crippen molar-refractivity contribution < 1.29 is 11.0 Å². The largest absolute Gasteiger partial charge is 0.308 e. The molecule has 0 atom stereocenters. The smallest absolute Gasteiger partial charge is 0.166 e. The number of aromatic nitrogens is 4. The van der Waals surface area contributed by atoms with Crippen molar-refractivity contribution in [3.8, 4) is 51.0 Å². The zero-order valence-corrected chi connectivity index (χ0v) is 27.1. The van der Waals surface area contributed by atoms with Gasteiger partial charge in [-0.05, 0) is 47.5 Å². The zero-order chi connectivity index (χ0) is 40.0. The number of hydrogen-bond donors (Lipinski definition) is 0. The monoisotopic (exact) mass is 664 g/mol. The van der Waals surface area contributed by atoms with Crippen LogP contribution in [0.25, 0.3) is 93.0 Å². The Morgan fingerprint density at radius 2 is 0.980 bits per heavy atom. The molecular weight excluding hydrogens is 629 g/mol. The highest BCUT2D eigenvalue weighted by Gasteiger charge is 2.20. The van der Waals surface area contributed by atoms with Gasteiger partial charge < -0.3 is 4.57 Å². The lowest BCUT2D eigenvalue weighted by Crippen LogP contribution is -2.04. The van der Waals surface area contributed by atoms with Crippen LogP contribution in [-0.2, 0) is 0 Å². The Kier molecular flexibility index (Phi) is 5.00. The molecule has 234 valence electrons. The SMILES string of the molecule is [2H]c1c([2H])c([2H])c2c(c1[2H])c1c([2H])c([2H])c([2H])c([2H])c1n2-c1cc(-c2ccc3c(c2)sc2ccccc23)ccc1-c1nc(-c2ccccc2)nc(-c2ccccc2)n1. The van der Waals surface area contributed by atoms with Crippen LogP contribution in [-0.4, -0.2) is 19.5 Å². The van der Waals surface area contributed by atoms with Gasteiger partial charge in [0.2, 0.25) is 0 Å². The van der Waals surface area contributed by atoms with Gasteiger partial charge in [-0.3, -0.25) is 0 Å². The van der Waals surface area contributed by atoms with Crippen molar-refractivity contribution in [3.63, 3.8) is 0 Å². The zero-order valence-electron chi connectivity index (χ0n) is 34.2. The summed E-state index contributed by atoms with van der Waals surface area (Å²) in [6, 6.07) is 35.6. The van der Waals surface area contributed by atoms with Crippen LogP contribution in [0.5, 0.6) is 0 Å². The molecular formula is C45H28N4S. The predicted molar refractivity (Wildman–Crippen MR) is 209 cm³/mol. The van der Waals surface area contributed by atoms with Gasteiger partial charge in [0.1, 0.15) is 0 Å². The Morgan fingerprint density at radius 1 is 0.440 bits per heavy atom. The lowest BCUT2D eigenvalue weighted by molar-refractivity contribution is 1.06. The van der Waals surface area contributed by atoms with Crippen molar-refractivity contribution >= 4 is 53.3 Å². The molecule has 10 rings (SSSR count). The molecule has 0 amide bonds. The van der Waals surface area contributed by atoms with E-state index in [1.165, 1.54) is 4.57 Å². The van der Waals surface area contributed by atoms with E-state index in [0.717, 1.165) is 42.4 Å². The minimum absolute atomic E-state index is 0.00646. The standard InChI is InChI=1S/C45H28N4S/c1-3-13-29(14-4-1)43-46-44(30-15-5-2-6-16-30)48-45(47-43)37-26-24-31(32-23-25-36-35-19-9-12-22-41(35)50-42(36)28-32)27-40(37)49-38-20-10-7-17-33(38)34-18-8-11-21-39(34)49/h1-28H/i7D,8D,10D,11D,17D,18D,20D,21D. The maximum atomic E-state index is 9.26. The maximum Gasteiger partial charge on any atom is 0.166 e. The van der Waals surface area contributed by atoms with Crippen LogP contribution in [0.15, 0.2) is 170 Å². The first-order valence-corrected chi connectivity index (χ1v) is 16.9. The Bertz CT molecular complexity index is 3200. The number of thiophene rings is 1. The van der Waals surface area contributed by atoms with E-state index in [0.29, 0.717) is 22.9 Å². The average molecular weight is 665 g/mol. The molecule has 0 unspecified atom stereocenters. The van der Waals surface area contributed by atoms with E-state index >= 15 is 0 Å². The van der Waals surface area contributed by atoms with Gasteiger partial charge in [0.05, 0.1) is 27.7 Å². The third kappa shape index (κ3) is 4.71. The van der Waals surface area contributed by atoms with E-state index in [-0.39, 0.29) is 27.6 Å². The molecule has 3 aromatic heterocycles. The van der Waals surface area contributed by atoms with Gasteiger partial charge in [0, 0.05) is 47.6 Å². The molecule has 4 nitrogen and oxygen atoms in total. The lowest BCUT2D eigenvalue weighted by atomic mass is 10.00. The topological polar surface area (TPSA) is 43.6 Å². The number of para-hydroxylation sites is 2. The minimum Gasteiger partial charge on any atom is -0.308 e. The third-order valence-electron chi connectivity index (χ3n) is 8.92. The Hall–Kier alpha value is -6.43. The second-order valence-corrected chi connectivity index (χ2v) is 12.9. The van der Waals surface area contributed by atoms with Gasteiger partial charge in [0.25, 0.3) is 0 Å². The van der Waals surface area contributed by atoms with E-state index in [9.17, 15) is 2.74 Å².